The van der Waals surface area contributed by atoms with Gasteiger partial charge in [-0.15, -0.1) is 0 Å². The third-order valence-corrected chi connectivity index (χ3v) is 3.20. The molecule has 98 valence electrons. The largest absolute Gasteiger partial charge is 0.496 e. The fourth-order valence-electron chi connectivity index (χ4n) is 2.19. The van der Waals surface area contributed by atoms with Gasteiger partial charge in [0.15, 0.2) is 0 Å². The lowest BCUT2D eigenvalue weighted by Gasteiger charge is -2.09. The van der Waals surface area contributed by atoms with Crippen LogP contribution in [0.2, 0.25) is 0 Å². The highest BCUT2D eigenvalue weighted by Crippen LogP contribution is 2.22. The van der Waals surface area contributed by atoms with Gasteiger partial charge in [-0.25, -0.2) is 0 Å². The second-order valence-electron chi connectivity index (χ2n) is 4.56. The van der Waals surface area contributed by atoms with Crippen LogP contribution >= 0.6 is 0 Å². The number of hydrogen-bond donors (Lipinski definition) is 0. The molecule has 1 nitrogen and oxygen atoms in total. The van der Waals surface area contributed by atoms with Gasteiger partial charge in [0, 0.05) is 0 Å². The van der Waals surface area contributed by atoms with Crippen molar-refractivity contribution in [3.8, 4) is 5.75 Å². The Bertz CT molecular complexity index is 541. The monoisotopic (exact) mass is 252 g/mol. The van der Waals surface area contributed by atoms with E-state index in [1.165, 1.54) is 16.7 Å². The molecule has 0 aliphatic heterocycles. The second-order valence-corrected chi connectivity index (χ2v) is 4.56. The summed E-state index contributed by atoms with van der Waals surface area (Å²) in [5.41, 5.74) is 3.81. The van der Waals surface area contributed by atoms with Crippen molar-refractivity contribution < 1.29 is 4.74 Å². The Morgan fingerprint density at radius 1 is 1.00 bits per heavy atom. The molecule has 1 heteroatoms. The topological polar surface area (TPSA) is 9.23 Å². The fraction of sp³-hybridized carbons (Fsp3) is 0.222. The molecule has 0 aromatic heterocycles. The lowest BCUT2D eigenvalue weighted by atomic mass is 10.0. The minimum atomic E-state index is 0.978. The van der Waals surface area contributed by atoms with Crippen LogP contribution in [0.5, 0.6) is 5.75 Å². The summed E-state index contributed by atoms with van der Waals surface area (Å²) in [5, 5.41) is 0. The number of methoxy groups -OCH3 is 1. The van der Waals surface area contributed by atoms with Crippen LogP contribution in [0.1, 0.15) is 23.6 Å². The van der Waals surface area contributed by atoms with Gasteiger partial charge in [-0.3, -0.25) is 0 Å². The van der Waals surface area contributed by atoms with E-state index in [1.807, 2.05) is 13.0 Å². The summed E-state index contributed by atoms with van der Waals surface area (Å²) in [4.78, 5) is 0. The molecule has 0 saturated carbocycles. The molecule has 19 heavy (non-hydrogen) atoms. The van der Waals surface area contributed by atoms with E-state index in [0.29, 0.717) is 0 Å². The van der Waals surface area contributed by atoms with Crippen LogP contribution in [-0.4, -0.2) is 7.11 Å². The molecule has 0 atom stereocenters. The smallest absolute Gasteiger partial charge is 0.122 e. The highest BCUT2D eigenvalue weighted by molar-refractivity contribution is 5.53. The molecule has 0 amide bonds. The van der Waals surface area contributed by atoms with Crippen molar-refractivity contribution in [3.05, 3.63) is 71.3 Å². The molecule has 0 saturated heterocycles. The first-order chi connectivity index (χ1) is 9.33. The number of aryl methyl sites for hydroxylation is 2. The van der Waals surface area contributed by atoms with Gasteiger partial charge in [0.25, 0.3) is 0 Å². The van der Waals surface area contributed by atoms with Crippen LogP contribution in [-0.2, 0) is 12.8 Å². The van der Waals surface area contributed by atoms with Gasteiger partial charge in [0.2, 0.25) is 0 Å². The van der Waals surface area contributed by atoms with E-state index in [-0.39, 0.29) is 0 Å². The molecule has 2 aromatic rings. The summed E-state index contributed by atoms with van der Waals surface area (Å²) in [7, 11) is 1.74. The van der Waals surface area contributed by atoms with Crippen LogP contribution in [0.25, 0.3) is 6.08 Å². The summed E-state index contributed by atoms with van der Waals surface area (Å²) in [6.07, 6.45) is 6.17. The fourth-order valence-corrected chi connectivity index (χ4v) is 2.19. The molecule has 0 N–H and O–H groups in total. The molecule has 0 bridgehead atoms. The van der Waals surface area contributed by atoms with E-state index in [9.17, 15) is 0 Å². The number of allylic oxidation sites excluding steroid dienone is 1. The maximum Gasteiger partial charge on any atom is 0.122 e. The predicted molar refractivity (Wildman–Crippen MR) is 81.6 cm³/mol. The van der Waals surface area contributed by atoms with Crippen molar-refractivity contribution in [1.82, 2.24) is 0 Å². The zero-order valence-electron chi connectivity index (χ0n) is 11.6. The summed E-state index contributed by atoms with van der Waals surface area (Å²) >= 11 is 0. The average molecular weight is 252 g/mol. The third kappa shape index (κ3) is 3.72. The van der Waals surface area contributed by atoms with Gasteiger partial charge >= 0.3 is 0 Å². The zero-order chi connectivity index (χ0) is 13.5. The molecule has 2 aromatic carbocycles. The molecule has 0 unspecified atom stereocenters. The highest BCUT2D eigenvalue weighted by Gasteiger charge is 2.04. The molecule has 0 aliphatic rings. The van der Waals surface area contributed by atoms with E-state index in [2.05, 4.69) is 54.6 Å². The van der Waals surface area contributed by atoms with Crippen LogP contribution in [0.4, 0.5) is 0 Å². The Balaban J connectivity index is 2.11. The summed E-state index contributed by atoms with van der Waals surface area (Å²) in [6.45, 7) is 2.02. The summed E-state index contributed by atoms with van der Waals surface area (Å²) < 4.78 is 5.49. The third-order valence-electron chi connectivity index (χ3n) is 3.20. The van der Waals surface area contributed by atoms with E-state index < -0.39 is 0 Å². The van der Waals surface area contributed by atoms with Crippen LogP contribution in [0, 0.1) is 0 Å². The van der Waals surface area contributed by atoms with Gasteiger partial charge in [-0.05, 0) is 42.5 Å². The minimum absolute atomic E-state index is 0.978. The first-order valence-electron chi connectivity index (χ1n) is 6.67. The molecular weight excluding hydrogens is 232 g/mol. The Morgan fingerprint density at radius 2 is 1.79 bits per heavy atom. The standard InChI is InChI=1S/C18H20O/c1-3-7-16-11-13-17(18(14-16)19-2)12-10-15-8-5-4-6-9-15/h3-9,11,13-14H,10,12H2,1-2H3/b7-3+. The lowest BCUT2D eigenvalue weighted by molar-refractivity contribution is 0.409. The zero-order valence-corrected chi connectivity index (χ0v) is 11.6. The molecule has 0 fully saturated rings. The minimum Gasteiger partial charge on any atom is -0.496 e. The van der Waals surface area contributed by atoms with Gasteiger partial charge in [-0.2, -0.15) is 0 Å². The van der Waals surface area contributed by atoms with Gasteiger partial charge in [0.05, 0.1) is 7.11 Å². The van der Waals surface area contributed by atoms with Crippen LogP contribution in [0.3, 0.4) is 0 Å². The van der Waals surface area contributed by atoms with Crippen molar-refractivity contribution in [2.75, 3.05) is 7.11 Å². The first kappa shape index (κ1) is 13.4. The first-order valence-corrected chi connectivity index (χ1v) is 6.67. The van der Waals surface area contributed by atoms with Crippen molar-refractivity contribution in [1.29, 1.82) is 0 Å². The number of benzene rings is 2. The van der Waals surface area contributed by atoms with Crippen molar-refractivity contribution in [2.45, 2.75) is 19.8 Å². The van der Waals surface area contributed by atoms with E-state index in [1.54, 1.807) is 7.11 Å². The van der Waals surface area contributed by atoms with Crippen LogP contribution in [0.15, 0.2) is 54.6 Å². The Morgan fingerprint density at radius 3 is 2.47 bits per heavy atom. The van der Waals surface area contributed by atoms with Crippen molar-refractivity contribution in [3.63, 3.8) is 0 Å². The Labute approximate surface area is 115 Å². The van der Waals surface area contributed by atoms with Gasteiger partial charge < -0.3 is 4.74 Å². The van der Waals surface area contributed by atoms with E-state index >= 15 is 0 Å². The molecule has 0 heterocycles. The molecule has 0 aliphatic carbocycles. The molecular formula is C18H20O. The Kier molecular flexibility index (Phi) is 4.79. The van der Waals surface area contributed by atoms with Crippen LogP contribution < -0.4 is 4.74 Å². The summed E-state index contributed by atoms with van der Waals surface area (Å²) in [5.74, 6) is 0.978. The van der Waals surface area contributed by atoms with E-state index in [0.717, 1.165) is 18.6 Å². The van der Waals surface area contributed by atoms with Crippen molar-refractivity contribution in [2.24, 2.45) is 0 Å². The maximum atomic E-state index is 5.49. The molecule has 0 spiro atoms. The van der Waals surface area contributed by atoms with E-state index in [4.69, 9.17) is 4.74 Å². The van der Waals surface area contributed by atoms with Gasteiger partial charge in [0.1, 0.15) is 5.75 Å². The lowest BCUT2D eigenvalue weighted by Crippen LogP contribution is -1.96. The van der Waals surface area contributed by atoms with Crippen molar-refractivity contribution >= 4 is 6.08 Å². The molecule has 0 radical (unpaired) electrons. The predicted octanol–water partition coefficient (Wildman–Crippen LogP) is 4.51. The summed E-state index contributed by atoms with van der Waals surface area (Å²) in [6, 6.07) is 17.0. The SMILES string of the molecule is C/C=C/c1ccc(CCc2ccccc2)c(OC)c1. The highest BCUT2D eigenvalue weighted by atomic mass is 16.5. The number of ether oxygens (including phenoxy) is 1. The second kappa shape index (κ2) is 6.79. The normalized spacial score (nSPS) is 10.8. The Hall–Kier alpha value is -2.02. The number of hydrogen-bond acceptors (Lipinski definition) is 1. The quantitative estimate of drug-likeness (QED) is 0.760. The van der Waals surface area contributed by atoms with Gasteiger partial charge in [-0.1, -0.05) is 54.6 Å². The molecule has 2 rings (SSSR count). The maximum absolute atomic E-state index is 5.49. The number of rotatable bonds is 5. The average Bonchev–Trinajstić information content (AvgIpc) is 2.47.